The van der Waals surface area contributed by atoms with Gasteiger partial charge in [0.25, 0.3) is 10.0 Å². The predicted octanol–water partition coefficient (Wildman–Crippen LogP) is 3.18. The van der Waals surface area contributed by atoms with E-state index in [1.54, 1.807) is 36.0 Å². The van der Waals surface area contributed by atoms with Crippen LogP contribution in [0.4, 0.5) is 5.13 Å². The van der Waals surface area contributed by atoms with Gasteiger partial charge < -0.3 is 14.5 Å². The van der Waals surface area contributed by atoms with Gasteiger partial charge in [0, 0.05) is 32.7 Å². The first kappa shape index (κ1) is 22.6. The molecule has 176 valence electrons. The highest BCUT2D eigenvalue weighted by Crippen LogP contribution is 2.37. The van der Waals surface area contributed by atoms with Crippen molar-refractivity contribution in [2.45, 2.75) is 30.0 Å². The zero-order chi connectivity index (χ0) is 23.2. The number of carbonyl (C=O) groups excluding carboxylic acids is 1. The lowest BCUT2D eigenvalue weighted by Crippen LogP contribution is -2.54. The van der Waals surface area contributed by atoms with Gasteiger partial charge in [-0.2, -0.15) is 4.31 Å². The van der Waals surface area contributed by atoms with Gasteiger partial charge in [-0.25, -0.2) is 13.4 Å². The lowest BCUT2D eigenvalue weighted by molar-refractivity contribution is -0.134. The van der Waals surface area contributed by atoms with Crippen LogP contribution in [0, 0.1) is 6.92 Å². The van der Waals surface area contributed by atoms with Crippen LogP contribution in [0.5, 0.6) is 5.75 Å². The molecule has 2 fully saturated rings. The molecule has 3 aromatic rings. The Labute approximate surface area is 201 Å². The molecule has 1 atom stereocenters. The lowest BCUT2D eigenvalue weighted by Gasteiger charge is -2.37. The second-order valence-corrected chi connectivity index (χ2v) is 12.3. The van der Waals surface area contributed by atoms with Crippen molar-refractivity contribution in [3.05, 3.63) is 35.2 Å². The molecule has 0 saturated carbocycles. The van der Waals surface area contributed by atoms with Crippen molar-refractivity contribution in [1.82, 2.24) is 14.2 Å². The Morgan fingerprint density at radius 2 is 1.94 bits per heavy atom. The number of benzene rings is 1. The number of hydrogen-bond donors (Lipinski definition) is 0. The third kappa shape index (κ3) is 4.01. The second-order valence-electron chi connectivity index (χ2n) is 8.28. The zero-order valence-electron chi connectivity index (χ0n) is 18.6. The van der Waals surface area contributed by atoms with E-state index in [0.717, 1.165) is 26.7 Å². The van der Waals surface area contributed by atoms with E-state index in [4.69, 9.17) is 9.72 Å². The number of piperazine rings is 1. The van der Waals surface area contributed by atoms with E-state index < -0.39 is 16.1 Å². The molecular weight excluding hydrogens is 480 g/mol. The van der Waals surface area contributed by atoms with Crippen LogP contribution < -0.4 is 9.64 Å². The normalized spacial score (nSPS) is 20.0. The number of rotatable bonds is 5. The summed E-state index contributed by atoms with van der Waals surface area (Å²) >= 11 is 2.84. The summed E-state index contributed by atoms with van der Waals surface area (Å²) in [5.41, 5.74) is 2.04. The molecule has 33 heavy (non-hydrogen) atoms. The van der Waals surface area contributed by atoms with E-state index in [0.29, 0.717) is 49.8 Å². The maximum absolute atomic E-state index is 13.3. The fourth-order valence-electron chi connectivity index (χ4n) is 4.53. The van der Waals surface area contributed by atoms with Gasteiger partial charge in [0.2, 0.25) is 5.91 Å². The van der Waals surface area contributed by atoms with Crippen molar-refractivity contribution >= 4 is 54.0 Å². The molecule has 2 saturated heterocycles. The van der Waals surface area contributed by atoms with Crippen molar-refractivity contribution in [2.24, 2.45) is 0 Å². The Kier molecular flexibility index (Phi) is 6.06. The van der Waals surface area contributed by atoms with Crippen LogP contribution in [0.15, 0.2) is 33.9 Å². The first-order valence-corrected chi connectivity index (χ1v) is 14.1. The van der Waals surface area contributed by atoms with Crippen LogP contribution in [0.1, 0.15) is 18.4 Å². The topological polar surface area (TPSA) is 83.0 Å². The lowest BCUT2D eigenvalue weighted by atomic mass is 10.2. The minimum absolute atomic E-state index is 0.0888. The number of hydrogen-bond acceptors (Lipinski definition) is 8. The molecule has 8 nitrogen and oxygen atoms in total. The summed E-state index contributed by atoms with van der Waals surface area (Å²) in [6.45, 7) is 4.89. The number of carbonyl (C=O) groups is 1. The van der Waals surface area contributed by atoms with Crippen molar-refractivity contribution in [1.29, 1.82) is 0 Å². The highest BCUT2D eigenvalue weighted by molar-refractivity contribution is 7.91. The molecule has 1 unspecified atom stereocenters. The smallest absolute Gasteiger partial charge is 0.253 e. The van der Waals surface area contributed by atoms with Crippen molar-refractivity contribution < 1.29 is 17.9 Å². The molecule has 2 aliphatic rings. The Hall–Kier alpha value is -2.21. The van der Waals surface area contributed by atoms with Crippen LogP contribution in [0.3, 0.4) is 0 Å². The molecule has 1 aromatic carbocycles. The van der Waals surface area contributed by atoms with Gasteiger partial charge in [0.1, 0.15) is 21.5 Å². The van der Waals surface area contributed by atoms with Gasteiger partial charge in [-0.05, 0) is 42.8 Å². The zero-order valence-corrected chi connectivity index (χ0v) is 21.0. The molecule has 0 spiro atoms. The summed E-state index contributed by atoms with van der Waals surface area (Å²) in [5.74, 6) is 0.675. The van der Waals surface area contributed by atoms with E-state index in [9.17, 15) is 13.2 Å². The highest BCUT2D eigenvalue weighted by atomic mass is 32.2. The third-order valence-electron chi connectivity index (χ3n) is 6.32. The Morgan fingerprint density at radius 3 is 2.64 bits per heavy atom. The van der Waals surface area contributed by atoms with Crippen LogP contribution >= 0.6 is 22.7 Å². The average Bonchev–Trinajstić information content (AvgIpc) is 3.60. The van der Waals surface area contributed by atoms with Crippen LogP contribution in [-0.4, -0.2) is 74.4 Å². The maximum atomic E-state index is 13.3. The minimum Gasteiger partial charge on any atom is -0.494 e. The molecule has 0 aliphatic carbocycles. The number of thiophene rings is 1. The predicted molar refractivity (Wildman–Crippen MR) is 131 cm³/mol. The summed E-state index contributed by atoms with van der Waals surface area (Å²) in [4.78, 5) is 22.1. The van der Waals surface area contributed by atoms with Gasteiger partial charge >= 0.3 is 0 Å². The van der Waals surface area contributed by atoms with E-state index in [-0.39, 0.29) is 5.91 Å². The minimum atomic E-state index is -3.63. The fraction of sp³-hybridized carbons (Fsp3) is 0.455. The maximum Gasteiger partial charge on any atom is 0.253 e. The molecule has 0 N–H and O–H groups in total. The Balaban J connectivity index is 1.29. The molecule has 4 heterocycles. The molecule has 11 heteroatoms. The quantitative estimate of drug-likeness (QED) is 0.529. The number of nitrogens with zero attached hydrogens (tertiary/aromatic N) is 4. The molecule has 2 aromatic heterocycles. The summed E-state index contributed by atoms with van der Waals surface area (Å²) in [6, 6.07) is 6.70. The fourth-order valence-corrected chi connectivity index (χ4v) is 8.40. The average molecular weight is 507 g/mol. The second kappa shape index (κ2) is 8.86. The highest BCUT2D eigenvalue weighted by Gasteiger charge is 2.42. The van der Waals surface area contributed by atoms with Gasteiger partial charge in [-0.1, -0.05) is 23.5 Å². The first-order valence-electron chi connectivity index (χ1n) is 10.9. The summed E-state index contributed by atoms with van der Waals surface area (Å²) in [5, 5.41) is 2.67. The van der Waals surface area contributed by atoms with Crippen LogP contribution in [0.25, 0.3) is 10.2 Å². The van der Waals surface area contributed by atoms with Gasteiger partial charge in [0.05, 0.1) is 11.8 Å². The molecule has 2 aliphatic heterocycles. The third-order valence-corrected chi connectivity index (χ3v) is 10.9. The number of anilines is 1. The standard InChI is InChI=1S/C22H26N4O4S3/c1-15-7-8-17(30-2)19-20(15)32-22(23-19)25-12-10-24(11-13-25)21(27)16-5-3-9-26(16)33(28,29)18-6-4-14-31-18/h4,6-8,14,16H,3,5,9-13H2,1-2H3. The number of amides is 1. The molecule has 0 radical (unpaired) electrons. The van der Waals surface area contributed by atoms with Crippen LogP contribution in [-0.2, 0) is 14.8 Å². The Morgan fingerprint density at radius 1 is 1.15 bits per heavy atom. The van der Waals surface area contributed by atoms with E-state index in [1.165, 1.54) is 15.6 Å². The molecule has 1 amide bonds. The largest absolute Gasteiger partial charge is 0.494 e. The number of ether oxygens (including phenoxy) is 1. The number of sulfonamides is 1. The number of fused-ring (bicyclic) bond motifs is 1. The van der Waals surface area contributed by atoms with Gasteiger partial charge in [-0.3, -0.25) is 4.79 Å². The van der Waals surface area contributed by atoms with Crippen LogP contribution in [0.2, 0.25) is 0 Å². The van der Waals surface area contributed by atoms with Crippen molar-refractivity contribution in [2.75, 3.05) is 44.7 Å². The molecule has 0 bridgehead atoms. The van der Waals surface area contributed by atoms with E-state index >= 15 is 0 Å². The number of aromatic nitrogens is 1. The number of methoxy groups -OCH3 is 1. The SMILES string of the molecule is COc1ccc(C)c2sc(N3CCN(C(=O)C4CCCN4S(=O)(=O)c4cccs4)CC3)nc12. The summed E-state index contributed by atoms with van der Waals surface area (Å²) in [6.07, 6.45) is 1.27. The van der Waals surface area contributed by atoms with Gasteiger partial charge in [-0.15, -0.1) is 11.3 Å². The monoisotopic (exact) mass is 506 g/mol. The van der Waals surface area contributed by atoms with E-state index in [1.807, 2.05) is 17.0 Å². The summed E-state index contributed by atoms with van der Waals surface area (Å²) in [7, 11) is -1.98. The van der Waals surface area contributed by atoms with Gasteiger partial charge in [0.15, 0.2) is 5.13 Å². The van der Waals surface area contributed by atoms with Crippen molar-refractivity contribution in [3.8, 4) is 5.75 Å². The first-order chi connectivity index (χ1) is 15.9. The van der Waals surface area contributed by atoms with Crippen molar-refractivity contribution in [3.63, 3.8) is 0 Å². The van der Waals surface area contributed by atoms with E-state index in [2.05, 4.69) is 11.8 Å². The summed E-state index contributed by atoms with van der Waals surface area (Å²) < 4.78 is 34.4. The number of aryl methyl sites for hydroxylation is 1. The Bertz CT molecular complexity index is 1260. The number of thiazole rings is 1. The molecule has 5 rings (SSSR count). The molecular formula is C22H26N4O4S3.